The van der Waals surface area contributed by atoms with E-state index in [4.69, 9.17) is 10.5 Å². The summed E-state index contributed by atoms with van der Waals surface area (Å²) in [7, 11) is 0. The molecule has 1 aromatic carbocycles. The Bertz CT molecular complexity index is 421. The highest BCUT2D eigenvalue weighted by atomic mass is 16.5. The van der Waals surface area contributed by atoms with E-state index in [9.17, 15) is 0 Å². The number of benzene rings is 1. The summed E-state index contributed by atoms with van der Waals surface area (Å²) in [5.41, 5.74) is 8.58. The van der Waals surface area contributed by atoms with Crippen molar-refractivity contribution in [1.82, 2.24) is 0 Å². The van der Waals surface area contributed by atoms with Gasteiger partial charge in [0.05, 0.1) is 12.2 Å². The van der Waals surface area contributed by atoms with Crippen LogP contribution >= 0.6 is 0 Å². The summed E-state index contributed by atoms with van der Waals surface area (Å²) in [5, 5.41) is 0. The minimum atomic E-state index is -0.344. The summed E-state index contributed by atoms with van der Waals surface area (Å²) in [6.45, 7) is 10.6. The second-order valence-electron chi connectivity index (χ2n) is 6.08. The van der Waals surface area contributed by atoms with Gasteiger partial charge in [0.15, 0.2) is 0 Å². The van der Waals surface area contributed by atoms with E-state index in [0.717, 1.165) is 0 Å². The van der Waals surface area contributed by atoms with Gasteiger partial charge in [-0.2, -0.15) is 0 Å². The number of hydrogen-bond donors (Lipinski definition) is 1. The zero-order valence-corrected chi connectivity index (χ0v) is 11.4. The quantitative estimate of drug-likeness (QED) is 0.850. The fourth-order valence-corrected chi connectivity index (χ4v) is 2.72. The first-order chi connectivity index (χ1) is 7.78. The van der Waals surface area contributed by atoms with Crippen molar-refractivity contribution in [3.63, 3.8) is 0 Å². The Hall–Kier alpha value is -0.860. The van der Waals surface area contributed by atoms with Gasteiger partial charge in [0.1, 0.15) is 0 Å². The monoisotopic (exact) mass is 233 g/mol. The van der Waals surface area contributed by atoms with E-state index in [1.807, 2.05) is 0 Å². The molecular formula is C15H23NO. The maximum absolute atomic E-state index is 6.55. The van der Waals surface area contributed by atoms with Gasteiger partial charge in [-0.15, -0.1) is 0 Å². The molecule has 1 aliphatic rings. The van der Waals surface area contributed by atoms with Crippen molar-refractivity contribution < 1.29 is 4.74 Å². The van der Waals surface area contributed by atoms with Gasteiger partial charge in [-0.25, -0.2) is 0 Å². The summed E-state index contributed by atoms with van der Waals surface area (Å²) in [5.74, 6) is 0. The van der Waals surface area contributed by atoms with Gasteiger partial charge in [0.2, 0.25) is 0 Å². The third-order valence-electron chi connectivity index (χ3n) is 4.21. The van der Waals surface area contributed by atoms with Crippen LogP contribution in [-0.2, 0) is 10.3 Å². The highest BCUT2D eigenvalue weighted by molar-refractivity contribution is 5.43. The van der Waals surface area contributed by atoms with Crippen molar-refractivity contribution in [3.8, 4) is 0 Å². The van der Waals surface area contributed by atoms with Crippen LogP contribution in [0.1, 0.15) is 51.8 Å². The lowest BCUT2D eigenvalue weighted by Gasteiger charge is -2.39. The minimum absolute atomic E-state index is 0.0775. The summed E-state index contributed by atoms with van der Waals surface area (Å²) >= 11 is 0. The van der Waals surface area contributed by atoms with Crippen molar-refractivity contribution in [2.75, 3.05) is 0 Å². The smallest absolute Gasteiger partial charge is 0.0903 e. The van der Waals surface area contributed by atoms with Crippen LogP contribution in [-0.4, -0.2) is 6.10 Å². The standard InChI is InChI=1S/C15H23NO/c1-10(2)17-13-11-8-6-7-9-12(11)15(5,16)14(13,3)4/h6-10,13H,16H2,1-5H3. The summed E-state index contributed by atoms with van der Waals surface area (Å²) < 4.78 is 6.11. The van der Waals surface area contributed by atoms with E-state index >= 15 is 0 Å². The van der Waals surface area contributed by atoms with Crippen LogP contribution in [0, 0.1) is 5.41 Å². The molecule has 0 radical (unpaired) electrons. The molecule has 17 heavy (non-hydrogen) atoms. The van der Waals surface area contributed by atoms with Gasteiger partial charge in [-0.1, -0.05) is 38.1 Å². The molecule has 1 aromatic rings. The molecule has 0 bridgehead atoms. The Labute approximate surface area is 104 Å². The molecule has 0 heterocycles. The maximum atomic E-state index is 6.55. The molecule has 2 unspecified atom stereocenters. The highest BCUT2D eigenvalue weighted by Crippen LogP contribution is 2.56. The zero-order chi connectivity index (χ0) is 12.8. The van der Waals surface area contributed by atoms with E-state index in [0.29, 0.717) is 0 Å². The SMILES string of the molecule is CC(C)OC1c2ccccc2C(C)(N)C1(C)C. The van der Waals surface area contributed by atoms with Crippen LogP contribution in [0.4, 0.5) is 0 Å². The molecule has 2 heteroatoms. The predicted molar refractivity (Wildman–Crippen MR) is 70.7 cm³/mol. The Kier molecular flexibility index (Phi) is 2.83. The summed E-state index contributed by atoms with van der Waals surface area (Å²) in [6.07, 6.45) is 0.287. The highest BCUT2D eigenvalue weighted by Gasteiger charge is 2.53. The summed E-state index contributed by atoms with van der Waals surface area (Å²) in [6, 6.07) is 8.38. The van der Waals surface area contributed by atoms with Gasteiger partial charge in [0, 0.05) is 11.0 Å². The Morgan fingerprint density at radius 3 is 2.35 bits per heavy atom. The number of rotatable bonds is 2. The van der Waals surface area contributed by atoms with Gasteiger partial charge >= 0.3 is 0 Å². The number of hydrogen-bond acceptors (Lipinski definition) is 2. The fourth-order valence-electron chi connectivity index (χ4n) is 2.72. The van der Waals surface area contributed by atoms with Crippen LogP contribution in [0.15, 0.2) is 24.3 Å². The molecule has 2 N–H and O–H groups in total. The molecule has 1 aliphatic carbocycles. The van der Waals surface area contributed by atoms with Crippen LogP contribution in [0.25, 0.3) is 0 Å². The van der Waals surface area contributed by atoms with Crippen LogP contribution in [0.2, 0.25) is 0 Å². The molecule has 0 aliphatic heterocycles. The summed E-state index contributed by atoms with van der Waals surface area (Å²) in [4.78, 5) is 0. The van der Waals surface area contributed by atoms with E-state index in [1.54, 1.807) is 0 Å². The predicted octanol–water partition coefficient (Wildman–Crippen LogP) is 3.37. The molecule has 0 aromatic heterocycles. The van der Waals surface area contributed by atoms with Crippen molar-refractivity contribution in [1.29, 1.82) is 0 Å². The van der Waals surface area contributed by atoms with E-state index in [-0.39, 0.29) is 23.2 Å². The second kappa shape index (κ2) is 3.82. The molecule has 0 fully saturated rings. The van der Waals surface area contributed by atoms with Crippen LogP contribution in [0.3, 0.4) is 0 Å². The maximum Gasteiger partial charge on any atom is 0.0903 e. The van der Waals surface area contributed by atoms with Crippen LogP contribution in [0.5, 0.6) is 0 Å². The average Bonchev–Trinajstić information content (AvgIpc) is 2.38. The lowest BCUT2D eigenvalue weighted by atomic mass is 9.73. The Morgan fingerprint density at radius 2 is 1.76 bits per heavy atom. The fraction of sp³-hybridized carbons (Fsp3) is 0.600. The molecule has 2 rings (SSSR count). The lowest BCUT2D eigenvalue weighted by molar-refractivity contribution is -0.0737. The van der Waals surface area contributed by atoms with Gasteiger partial charge < -0.3 is 10.5 Å². The molecule has 2 nitrogen and oxygen atoms in total. The first-order valence-corrected chi connectivity index (χ1v) is 6.32. The van der Waals surface area contributed by atoms with E-state index < -0.39 is 0 Å². The third-order valence-corrected chi connectivity index (χ3v) is 4.21. The van der Waals surface area contributed by atoms with E-state index in [1.165, 1.54) is 11.1 Å². The first-order valence-electron chi connectivity index (χ1n) is 6.32. The Balaban J connectivity index is 2.54. The van der Waals surface area contributed by atoms with Crippen molar-refractivity contribution in [2.24, 2.45) is 11.1 Å². The zero-order valence-electron chi connectivity index (χ0n) is 11.4. The second-order valence-corrected chi connectivity index (χ2v) is 6.08. The largest absolute Gasteiger partial charge is 0.370 e. The van der Waals surface area contributed by atoms with Crippen LogP contribution < -0.4 is 5.73 Å². The van der Waals surface area contributed by atoms with Crippen molar-refractivity contribution in [3.05, 3.63) is 35.4 Å². The van der Waals surface area contributed by atoms with Crippen molar-refractivity contribution >= 4 is 0 Å². The number of ether oxygens (including phenoxy) is 1. The third kappa shape index (κ3) is 1.71. The van der Waals surface area contributed by atoms with Gasteiger partial charge in [-0.3, -0.25) is 0 Å². The lowest BCUT2D eigenvalue weighted by Crippen LogP contribution is -2.46. The molecule has 2 atom stereocenters. The molecule has 94 valence electrons. The first kappa shape index (κ1) is 12.6. The molecule has 0 saturated heterocycles. The average molecular weight is 233 g/mol. The topological polar surface area (TPSA) is 35.2 Å². The van der Waals surface area contributed by atoms with E-state index in [2.05, 4.69) is 58.9 Å². The number of nitrogens with two attached hydrogens (primary N) is 1. The molecular weight excluding hydrogens is 210 g/mol. The molecule has 0 amide bonds. The minimum Gasteiger partial charge on any atom is -0.370 e. The number of fused-ring (bicyclic) bond motifs is 1. The molecule has 0 saturated carbocycles. The normalized spacial score (nSPS) is 30.6. The van der Waals surface area contributed by atoms with Gasteiger partial charge in [0.25, 0.3) is 0 Å². The molecule has 0 spiro atoms. The van der Waals surface area contributed by atoms with Gasteiger partial charge in [-0.05, 0) is 31.9 Å². The van der Waals surface area contributed by atoms with Crippen molar-refractivity contribution in [2.45, 2.75) is 52.4 Å². The Morgan fingerprint density at radius 1 is 1.18 bits per heavy atom.